The number of hydrogen-bond acceptors (Lipinski definition) is 3. The summed E-state index contributed by atoms with van der Waals surface area (Å²) in [7, 11) is 0. The van der Waals surface area contributed by atoms with Gasteiger partial charge in [0.15, 0.2) is 0 Å². The average Bonchev–Trinajstić information content (AvgIpc) is 2.84. The van der Waals surface area contributed by atoms with Gasteiger partial charge in [-0.25, -0.2) is 9.78 Å². The molecule has 2 aromatic heterocycles. The molecule has 1 N–H and O–H groups in total. The third kappa shape index (κ3) is 2.01. The van der Waals surface area contributed by atoms with E-state index >= 15 is 0 Å². The van der Waals surface area contributed by atoms with Crippen molar-refractivity contribution in [2.75, 3.05) is 0 Å². The van der Waals surface area contributed by atoms with E-state index in [9.17, 15) is 4.79 Å². The summed E-state index contributed by atoms with van der Waals surface area (Å²) in [5.74, 6) is -0.0601. The van der Waals surface area contributed by atoms with Crippen LogP contribution in [0.25, 0.3) is 0 Å². The highest BCUT2D eigenvalue weighted by Gasteiger charge is 2.18. The lowest BCUT2D eigenvalue weighted by atomic mass is 10.2. The number of carboxylic acid groups (broad SMARTS) is 1. The number of rotatable bonds is 4. The van der Waals surface area contributed by atoms with Crippen LogP contribution in [0.3, 0.4) is 0 Å². The summed E-state index contributed by atoms with van der Waals surface area (Å²) in [5.41, 5.74) is 1.48. The van der Waals surface area contributed by atoms with Crippen molar-refractivity contribution in [1.29, 1.82) is 0 Å². The number of imidazole rings is 1. The number of carbonyl (C=O) groups is 1. The predicted octanol–water partition coefficient (Wildman–Crippen LogP) is 1.46. The normalized spacial score (nSPS) is 10.8. The highest BCUT2D eigenvalue weighted by molar-refractivity contribution is 5.90. The molecule has 0 aliphatic heterocycles. The Balaban J connectivity index is 2.36. The molecule has 0 aromatic carbocycles. The summed E-state index contributed by atoms with van der Waals surface area (Å²) in [6, 6.07) is 0. The van der Waals surface area contributed by atoms with Crippen LogP contribution in [0.5, 0.6) is 0 Å². The number of aromatic carboxylic acids is 1. The highest BCUT2D eigenvalue weighted by Crippen LogP contribution is 2.14. The molecular formula is C12H16N4O2. The van der Waals surface area contributed by atoms with Gasteiger partial charge in [-0.1, -0.05) is 0 Å². The van der Waals surface area contributed by atoms with E-state index in [4.69, 9.17) is 5.11 Å². The molecule has 0 fully saturated rings. The van der Waals surface area contributed by atoms with Gasteiger partial charge < -0.3 is 9.67 Å². The first-order chi connectivity index (χ1) is 8.54. The molecule has 18 heavy (non-hydrogen) atoms. The van der Waals surface area contributed by atoms with Gasteiger partial charge in [0.2, 0.25) is 0 Å². The second-order valence-electron chi connectivity index (χ2n) is 4.14. The highest BCUT2D eigenvalue weighted by atomic mass is 16.4. The smallest absolute Gasteiger partial charge is 0.339 e. The fourth-order valence-corrected chi connectivity index (χ4v) is 2.07. The SMILES string of the molecule is CCn1ccnc1Cn1nc(C)c(C(=O)O)c1C. The van der Waals surface area contributed by atoms with Crippen molar-refractivity contribution in [2.24, 2.45) is 0 Å². The van der Waals surface area contributed by atoms with E-state index in [1.54, 1.807) is 24.7 Å². The second-order valence-corrected chi connectivity index (χ2v) is 4.14. The molecule has 0 aliphatic carbocycles. The first kappa shape index (κ1) is 12.3. The van der Waals surface area contributed by atoms with Crippen LogP contribution in [0.1, 0.15) is 34.5 Å². The number of carboxylic acids is 1. The van der Waals surface area contributed by atoms with E-state index < -0.39 is 5.97 Å². The van der Waals surface area contributed by atoms with Crippen molar-refractivity contribution < 1.29 is 9.90 Å². The first-order valence-corrected chi connectivity index (χ1v) is 5.82. The Hall–Kier alpha value is -2.11. The van der Waals surface area contributed by atoms with Gasteiger partial charge in [0, 0.05) is 18.9 Å². The van der Waals surface area contributed by atoms with E-state index in [0.29, 0.717) is 17.9 Å². The third-order valence-electron chi connectivity index (χ3n) is 3.03. The zero-order chi connectivity index (χ0) is 13.3. The number of aromatic nitrogens is 4. The third-order valence-corrected chi connectivity index (χ3v) is 3.03. The van der Waals surface area contributed by atoms with Gasteiger partial charge in [-0.2, -0.15) is 5.10 Å². The van der Waals surface area contributed by atoms with Crippen molar-refractivity contribution in [1.82, 2.24) is 19.3 Å². The molecule has 0 spiro atoms. The van der Waals surface area contributed by atoms with E-state index in [-0.39, 0.29) is 5.56 Å². The Bertz CT molecular complexity index is 583. The molecule has 0 unspecified atom stereocenters. The topological polar surface area (TPSA) is 72.9 Å². The molecular weight excluding hydrogens is 232 g/mol. The van der Waals surface area contributed by atoms with Crippen molar-refractivity contribution in [3.8, 4) is 0 Å². The van der Waals surface area contributed by atoms with E-state index in [2.05, 4.69) is 10.1 Å². The number of aryl methyl sites for hydroxylation is 2. The Morgan fingerprint density at radius 3 is 2.72 bits per heavy atom. The van der Waals surface area contributed by atoms with Gasteiger partial charge in [0.05, 0.1) is 17.9 Å². The standard InChI is InChI=1S/C12H16N4O2/c1-4-15-6-5-13-10(15)7-16-9(3)11(12(17)18)8(2)14-16/h5-6H,4,7H2,1-3H3,(H,17,18). The summed E-state index contributed by atoms with van der Waals surface area (Å²) < 4.78 is 3.70. The van der Waals surface area contributed by atoms with Crippen LogP contribution in [0, 0.1) is 13.8 Å². The van der Waals surface area contributed by atoms with Gasteiger partial charge in [-0.15, -0.1) is 0 Å². The summed E-state index contributed by atoms with van der Waals surface area (Å²) in [4.78, 5) is 15.4. The molecule has 96 valence electrons. The van der Waals surface area contributed by atoms with Crippen LogP contribution in [0.2, 0.25) is 0 Å². The molecule has 0 radical (unpaired) electrons. The summed E-state index contributed by atoms with van der Waals surface area (Å²) in [5, 5.41) is 13.4. The molecule has 0 atom stereocenters. The molecule has 2 heterocycles. The lowest BCUT2D eigenvalue weighted by Crippen LogP contribution is -2.10. The number of nitrogens with zero attached hydrogens (tertiary/aromatic N) is 4. The lowest BCUT2D eigenvalue weighted by molar-refractivity contribution is 0.0695. The Morgan fingerprint density at radius 2 is 2.17 bits per heavy atom. The maximum atomic E-state index is 11.1. The summed E-state index contributed by atoms with van der Waals surface area (Å²) in [6.07, 6.45) is 3.64. The lowest BCUT2D eigenvalue weighted by Gasteiger charge is -2.06. The van der Waals surface area contributed by atoms with E-state index in [0.717, 1.165) is 12.4 Å². The van der Waals surface area contributed by atoms with Crippen LogP contribution in [0.15, 0.2) is 12.4 Å². The van der Waals surface area contributed by atoms with Gasteiger partial charge in [-0.3, -0.25) is 4.68 Å². The number of hydrogen-bond donors (Lipinski definition) is 1. The molecule has 0 saturated carbocycles. The minimum absolute atomic E-state index is 0.282. The minimum atomic E-state index is -0.935. The molecule has 6 heteroatoms. The average molecular weight is 248 g/mol. The van der Waals surface area contributed by atoms with Gasteiger partial charge in [0.1, 0.15) is 11.4 Å². The predicted molar refractivity (Wildman–Crippen MR) is 65.7 cm³/mol. The molecule has 2 aromatic rings. The minimum Gasteiger partial charge on any atom is -0.478 e. The van der Waals surface area contributed by atoms with Crippen molar-refractivity contribution in [3.63, 3.8) is 0 Å². The van der Waals surface area contributed by atoms with Crippen molar-refractivity contribution in [3.05, 3.63) is 35.2 Å². The van der Waals surface area contributed by atoms with Crippen LogP contribution >= 0.6 is 0 Å². The Morgan fingerprint density at radius 1 is 1.44 bits per heavy atom. The Labute approximate surface area is 105 Å². The summed E-state index contributed by atoms with van der Waals surface area (Å²) >= 11 is 0. The van der Waals surface area contributed by atoms with Crippen molar-refractivity contribution >= 4 is 5.97 Å². The molecule has 2 rings (SSSR count). The first-order valence-electron chi connectivity index (χ1n) is 5.82. The van der Waals surface area contributed by atoms with Gasteiger partial charge >= 0.3 is 5.97 Å². The fourth-order valence-electron chi connectivity index (χ4n) is 2.07. The molecule has 0 aliphatic rings. The molecule has 6 nitrogen and oxygen atoms in total. The maximum absolute atomic E-state index is 11.1. The monoisotopic (exact) mass is 248 g/mol. The van der Waals surface area contributed by atoms with Crippen LogP contribution in [-0.2, 0) is 13.1 Å². The second kappa shape index (κ2) is 4.64. The van der Waals surface area contributed by atoms with Crippen molar-refractivity contribution in [2.45, 2.75) is 33.9 Å². The Kier molecular flexibility index (Phi) is 3.18. The van der Waals surface area contributed by atoms with Gasteiger partial charge in [-0.05, 0) is 20.8 Å². The van der Waals surface area contributed by atoms with E-state index in [1.807, 2.05) is 17.7 Å². The molecule has 0 amide bonds. The molecule has 0 bridgehead atoms. The van der Waals surface area contributed by atoms with Gasteiger partial charge in [0.25, 0.3) is 0 Å². The zero-order valence-electron chi connectivity index (χ0n) is 10.7. The maximum Gasteiger partial charge on any atom is 0.339 e. The van der Waals surface area contributed by atoms with Crippen LogP contribution in [0.4, 0.5) is 0 Å². The zero-order valence-corrected chi connectivity index (χ0v) is 10.7. The summed E-state index contributed by atoms with van der Waals surface area (Å²) in [6.45, 7) is 6.83. The fraction of sp³-hybridized carbons (Fsp3) is 0.417. The molecule has 0 saturated heterocycles. The van der Waals surface area contributed by atoms with E-state index in [1.165, 1.54) is 0 Å². The largest absolute Gasteiger partial charge is 0.478 e. The van der Waals surface area contributed by atoms with Crippen LogP contribution in [-0.4, -0.2) is 30.4 Å². The quantitative estimate of drug-likeness (QED) is 0.889. The van der Waals surface area contributed by atoms with Crippen LogP contribution < -0.4 is 0 Å².